The third-order valence-electron chi connectivity index (χ3n) is 2.97. The smallest absolute Gasteiger partial charge is 0.134 e. The maximum Gasteiger partial charge on any atom is 0.134 e. The van der Waals surface area contributed by atoms with Crippen molar-refractivity contribution in [2.75, 3.05) is 23.4 Å². The summed E-state index contributed by atoms with van der Waals surface area (Å²) in [4.78, 5) is 8.58. The van der Waals surface area contributed by atoms with E-state index in [0.29, 0.717) is 5.15 Å². The number of aryl methyl sites for hydroxylation is 1. The third-order valence-corrected chi connectivity index (χ3v) is 4.21. The molecule has 0 radical (unpaired) electrons. The van der Waals surface area contributed by atoms with Crippen LogP contribution in [-0.4, -0.2) is 28.0 Å². The summed E-state index contributed by atoms with van der Waals surface area (Å²) in [5.74, 6) is 5.02. The van der Waals surface area contributed by atoms with Gasteiger partial charge in [0.1, 0.15) is 16.8 Å². The fourth-order valence-electron chi connectivity index (χ4n) is 1.91. The molecule has 0 amide bonds. The zero-order valence-corrected chi connectivity index (χ0v) is 11.7. The van der Waals surface area contributed by atoms with Gasteiger partial charge in [0.05, 0.1) is 0 Å². The van der Waals surface area contributed by atoms with Crippen LogP contribution in [0.1, 0.15) is 25.6 Å². The van der Waals surface area contributed by atoms with E-state index in [1.54, 1.807) is 6.07 Å². The van der Waals surface area contributed by atoms with Gasteiger partial charge < -0.3 is 5.32 Å². The zero-order valence-electron chi connectivity index (χ0n) is 10.1. The molecular weight excluding hydrogens is 254 g/mol. The number of thioether (sulfide) groups is 1. The Morgan fingerprint density at radius 2 is 2.18 bits per heavy atom. The van der Waals surface area contributed by atoms with E-state index in [0.717, 1.165) is 30.5 Å². The predicted molar refractivity (Wildman–Crippen MR) is 75.0 cm³/mol. The van der Waals surface area contributed by atoms with Crippen molar-refractivity contribution in [2.24, 2.45) is 5.92 Å². The van der Waals surface area contributed by atoms with Crippen LogP contribution in [0.2, 0.25) is 5.15 Å². The van der Waals surface area contributed by atoms with Gasteiger partial charge in [-0.15, -0.1) is 0 Å². The second kappa shape index (κ2) is 6.45. The quantitative estimate of drug-likeness (QED) is 0.853. The molecule has 0 spiro atoms. The second-order valence-electron chi connectivity index (χ2n) is 4.28. The highest BCUT2D eigenvalue weighted by Crippen LogP contribution is 2.23. The minimum absolute atomic E-state index is 0.526. The summed E-state index contributed by atoms with van der Waals surface area (Å²) in [6.07, 6.45) is 3.42. The van der Waals surface area contributed by atoms with E-state index >= 15 is 0 Å². The molecule has 5 heteroatoms. The van der Waals surface area contributed by atoms with Gasteiger partial charge in [-0.25, -0.2) is 9.97 Å². The Hall–Kier alpha value is -0.480. The van der Waals surface area contributed by atoms with Gasteiger partial charge in [-0.2, -0.15) is 11.8 Å². The lowest BCUT2D eigenvalue weighted by molar-refractivity contribution is 0.515. The molecule has 2 heterocycles. The van der Waals surface area contributed by atoms with Crippen LogP contribution in [0, 0.1) is 5.92 Å². The summed E-state index contributed by atoms with van der Waals surface area (Å²) in [5, 5.41) is 3.91. The number of rotatable bonds is 4. The average Bonchev–Trinajstić information content (AvgIpc) is 2.37. The van der Waals surface area contributed by atoms with E-state index in [9.17, 15) is 0 Å². The SMILES string of the molecule is CCc1nc(Cl)cc(NCC2CCSCC2)n1. The van der Waals surface area contributed by atoms with Gasteiger partial charge in [-0.05, 0) is 30.3 Å². The van der Waals surface area contributed by atoms with Crippen LogP contribution in [0.25, 0.3) is 0 Å². The number of aromatic nitrogens is 2. The van der Waals surface area contributed by atoms with Gasteiger partial charge in [0, 0.05) is 19.0 Å². The summed E-state index contributed by atoms with van der Waals surface area (Å²) in [7, 11) is 0. The first-order valence-corrected chi connectivity index (χ1v) is 7.66. The van der Waals surface area contributed by atoms with Crippen LogP contribution in [0.5, 0.6) is 0 Å². The molecule has 1 fully saturated rings. The molecule has 3 nitrogen and oxygen atoms in total. The van der Waals surface area contributed by atoms with Gasteiger partial charge >= 0.3 is 0 Å². The number of hydrogen-bond acceptors (Lipinski definition) is 4. The average molecular weight is 272 g/mol. The zero-order chi connectivity index (χ0) is 12.1. The number of anilines is 1. The lowest BCUT2D eigenvalue weighted by Gasteiger charge is -2.21. The molecule has 17 heavy (non-hydrogen) atoms. The molecule has 0 aliphatic carbocycles. The van der Waals surface area contributed by atoms with Crippen molar-refractivity contribution in [1.82, 2.24) is 9.97 Å². The van der Waals surface area contributed by atoms with Gasteiger partial charge in [-0.3, -0.25) is 0 Å². The lowest BCUT2D eigenvalue weighted by atomic mass is 10.0. The highest BCUT2D eigenvalue weighted by atomic mass is 35.5. The van der Waals surface area contributed by atoms with Crippen LogP contribution in [0.4, 0.5) is 5.82 Å². The summed E-state index contributed by atoms with van der Waals surface area (Å²) >= 11 is 8.01. The molecule has 0 atom stereocenters. The monoisotopic (exact) mass is 271 g/mol. The largest absolute Gasteiger partial charge is 0.370 e. The molecule has 1 saturated heterocycles. The maximum atomic E-state index is 5.96. The van der Waals surface area contributed by atoms with Gasteiger partial charge in [-0.1, -0.05) is 18.5 Å². The Morgan fingerprint density at radius 1 is 1.41 bits per heavy atom. The Kier molecular flexibility index (Phi) is 4.92. The Balaban J connectivity index is 1.91. The van der Waals surface area contributed by atoms with E-state index in [1.165, 1.54) is 24.3 Å². The highest BCUT2D eigenvalue weighted by Gasteiger charge is 2.13. The summed E-state index contributed by atoms with van der Waals surface area (Å²) < 4.78 is 0. The number of nitrogens with zero attached hydrogens (tertiary/aromatic N) is 2. The van der Waals surface area contributed by atoms with Crippen molar-refractivity contribution >= 4 is 29.2 Å². The number of hydrogen-bond donors (Lipinski definition) is 1. The third kappa shape index (κ3) is 4.03. The van der Waals surface area contributed by atoms with E-state index in [2.05, 4.69) is 27.0 Å². The molecular formula is C12H18ClN3S. The van der Waals surface area contributed by atoms with Gasteiger partial charge in [0.25, 0.3) is 0 Å². The molecule has 1 aromatic heterocycles. The van der Waals surface area contributed by atoms with Crippen molar-refractivity contribution in [3.8, 4) is 0 Å². The van der Waals surface area contributed by atoms with E-state index in [-0.39, 0.29) is 0 Å². The molecule has 0 aromatic carbocycles. The maximum absolute atomic E-state index is 5.96. The fraction of sp³-hybridized carbons (Fsp3) is 0.667. The van der Waals surface area contributed by atoms with E-state index in [4.69, 9.17) is 11.6 Å². The first kappa shape index (κ1) is 13.0. The summed E-state index contributed by atoms with van der Waals surface area (Å²) in [6.45, 7) is 3.03. The van der Waals surface area contributed by atoms with Gasteiger partial charge in [0.2, 0.25) is 0 Å². The molecule has 0 bridgehead atoms. The van der Waals surface area contributed by atoms with Crippen molar-refractivity contribution < 1.29 is 0 Å². The molecule has 0 saturated carbocycles. The summed E-state index contributed by atoms with van der Waals surface area (Å²) in [5.41, 5.74) is 0. The summed E-state index contributed by atoms with van der Waals surface area (Å²) in [6, 6.07) is 1.80. The molecule has 1 N–H and O–H groups in total. The minimum atomic E-state index is 0.526. The van der Waals surface area contributed by atoms with Crippen molar-refractivity contribution in [2.45, 2.75) is 26.2 Å². The topological polar surface area (TPSA) is 37.8 Å². The lowest BCUT2D eigenvalue weighted by Crippen LogP contribution is -2.19. The molecule has 1 aromatic rings. The molecule has 1 aliphatic rings. The molecule has 1 aliphatic heterocycles. The van der Waals surface area contributed by atoms with Crippen molar-refractivity contribution in [1.29, 1.82) is 0 Å². The molecule has 2 rings (SSSR count). The standard InChI is InChI=1S/C12H18ClN3S/c1-2-11-15-10(13)7-12(16-11)14-8-9-3-5-17-6-4-9/h7,9H,2-6,8H2,1H3,(H,14,15,16). The van der Waals surface area contributed by atoms with Crippen molar-refractivity contribution in [3.63, 3.8) is 0 Å². The van der Waals surface area contributed by atoms with Crippen LogP contribution < -0.4 is 5.32 Å². The Bertz CT molecular complexity index is 367. The highest BCUT2D eigenvalue weighted by molar-refractivity contribution is 7.99. The first-order chi connectivity index (χ1) is 8.28. The first-order valence-electron chi connectivity index (χ1n) is 6.13. The Morgan fingerprint density at radius 3 is 2.88 bits per heavy atom. The molecule has 0 unspecified atom stereocenters. The minimum Gasteiger partial charge on any atom is -0.370 e. The van der Waals surface area contributed by atoms with E-state index < -0.39 is 0 Å². The van der Waals surface area contributed by atoms with Crippen LogP contribution in [-0.2, 0) is 6.42 Å². The van der Waals surface area contributed by atoms with E-state index in [1.807, 2.05) is 6.92 Å². The van der Waals surface area contributed by atoms with Crippen LogP contribution in [0.15, 0.2) is 6.07 Å². The molecule has 94 valence electrons. The number of nitrogens with one attached hydrogen (secondary N) is 1. The number of halogens is 1. The second-order valence-corrected chi connectivity index (χ2v) is 5.89. The van der Waals surface area contributed by atoms with Crippen molar-refractivity contribution in [3.05, 3.63) is 17.0 Å². The van der Waals surface area contributed by atoms with Gasteiger partial charge in [0.15, 0.2) is 0 Å². The van der Waals surface area contributed by atoms with Crippen LogP contribution >= 0.6 is 23.4 Å². The Labute approximate surface area is 112 Å². The normalized spacial score (nSPS) is 17.1. The fourth-order valence-corrected chi connectivity index (χ4v) is 3.32. The predicted octanol–water partition coefficient (Wildman–Crippen LogP) is 3.25. The van der Waals surface area contributed by atoms with Crippen LogP contribution in [0.3, 0.4) is 0 Å².